The Morgan fingerprint density at radius 1 is 1.50 bits per heavy atom. The molecule has 0 saturated carbocycles. The van der Waals surface area contributed by atoms with Crippen molar-refractivity contribution in [2.45, 2.75) is 39.2 Å². The summed E-state index contributed by atoms with van der Waals surface area (Å²) in [5.41, 5.74) is 6.79. The van der Waals surface area contributed by atoms with Gasteiger partial charge in [0.15, 0.2) is 0 Å². The number of aryl methyl sites for hydroxylation is 1. The number of carbonyl (C=O) groups excluding carboxylic acids is 1. The first-order chi connectivity index (χ1) is 8.35. The van der Waals surface area contributed by atoms with Gasteiger partial charge in [-0.15, -0.1) is 0 Å². The summed E-state index contributed by atoms with van der Waals surface area (Å²) in [4.78, 5) is 12.0. The molecular weight excluding hydrogens is 228 g/mol. The number of rotatable bonds is 5. The lowest BCUT2D eigenvalue weighted by molar-refractivity contribution is 0.0469. The third-order valence-corrected chi connectivity index (χ3v) is 2.92. The molecule has 0 aromatic heterocycles. The lowest BCUT2D eigenvalue weighted by Crippen LogP contribution is -2.40. The molecule has 1 aromatic carbocycles. The number of amides is 1. The number of anilines is 1. The summed E-state index contributed by atoms with van der Waals surface area (Å²) in [6, 6.07) is 5.23. The maximum Gasteiger partial charge on any atom is 0.251 e. The Morgan fingerprint density at radius 3 is 2.78 bits per heavy atom. The number of hydrogen-bond donors (Lipinski definition) is 3. The molecule has 0 spiro atoms. The van der Waals surface area contributed by atoms with Crippen molar-refractivity contribution in [3.63, 3.8) is 0 Å². The predicted octanol–water partition coefficient (Wildman–Crippen LogP) is 1.86. The van der Waals surface area contributed by atoms with E-state index >= 15 is 0 Å². The van der Waals surface area contributed by atoms with E-state index in [4.69, 9.17) is 5.73 Å². The average Bonchev–Trinajstić information content (AvgIpc) is 2.29. The fourth-order valence-electron chi connectivity index (χ4n) is 1.88. The number of hydrogen-bond acceptors (Lipinski definition) is 3. The highest BCUT2D eigenvalue weighted by atomic mass is 16.3. The Balaban J connectivity index is 2.69. The van der Waals surface area contributed by atoms with Crippen LogP contribution < -0.4 is 11.1 Å². The first kappa shape index (κ1) is 14.5. The Hall–Kier alpha value is -1.55. The van der Waals surface area contributed by atoms with Crippen molar-refractivity contribution in [1.82, 2.24) is 5.32 Å². The van der Waals surface area contributed by atoms with Crippen molar-refractivity contribution in [2.24, 2.45) is 0 Å². The number of nitrogens with two attached hydrogens (primary N) is 1. The fourth-order valence-corrected chi connectivity index (χ4v) is 1.88. The first-order valence-corrected chi connectivity index (χ1v) is 6.22. The zero-order valence-electron chi connectivity index (χ0n) is 11.3. The van der Waals surface area contributed by atoms with E-state index in [1.807, 2.05) is 19.9 Å². The van der Waals surface area contributed by atoms with Crippen LogP contribution in [0.2, 0.25) is 0 Å². The maximum absolute atomic E-state index is 12.0. The van der Waals surface area contributed by atoms with Gasteiger partial charge in [0, 0.05) is 17.8 Å². The molecule has 0 radical (unpaired) electrons. The van der Waals surface area contributed by atoms with E-state index in [1.165, 1.54) is 0 Å². The second kappa shape index (κ2) is 5.87. The van der Waals surface area contributed by atoms with Crippen molar-refractivity contribution in [3.8, 4) is 0 Å². The lowest BCUT2D eigenvalue weighted by atomic mass is 10.0. The van der Waals surface area contributed by atoms with Gasteiger partial charge in [0.1, 0.15) is 0 Å². The topological polar surface area (TPSA) is 75.3 Å². The van der Waals surface area contributed by atoms with Crippen LogP contribution in [0.5, 0.6) is 0 Å². The van der Waals surface area contributed by atoms with Gasteiger partial charge in [0.25, 0.3) is 5.91 Å². The van der Waals surface area contributed by atoms with Crippen LogP contribution >= 0.6 is 0 Å². The van der Waals surface area contributed by atoms with Crippen LogP contribution in [0.3, 0.4) is 0 Å². The summed E-state index contributed by atoms with van der Waals surface area (Å²) in [6.45, 7) is 5.83. The van der Waals surface area contributed by atoms with Gasteiger partial charge in [-0.05, 0) is 38.0 Å². The average molecular weight is 250 g/mol. The molecule has 0 heterocycles. The molecule has 1 aromatic rings. The summed E-state index contributed by atoms with van der Waals surface area (Å²) >= 11 is 0. The van der Waals surface area contributed by atoms with Crippen molar-refractivity contribution in [2.75, 3.05) is 12.3 Å². The second-order valence-corrected chi connectivity index (χ2v) is 5.00. The van der Waals surface area contributed by atoms with Crippen molar-refractivity contribution >= 4 is 11.6 Å². The molecule has 0 fully saturated rings. The van der Waals surface area contributed by atoms with E-state index in [2.05, 4.69) is 5.32 Å². The molecule has 0 aliphatic carbocycles. The molecule has 4 N–H and O–H groups in total. The van der Waals surface area contributed by atoms with Crippen molar-refractivity contribution in [3.05, 3.63) is 29.3 Å². The summed E-state index contributed by atoms with van der Waals surface area (Å²) < 4.78 is 0. The molecule has 4 heteroatoms. The first-order valence-electron chi connectivity index (χ1n) is 6.22. The molecule has 1 rings (SSSR count). The third-order valence-electron chi connectivity index (χ3n) is 2.92. The standard InChI is InChI=1S/C14H22N2O2/c1-4-7-14(3,18)9-16-13(17)12-8-11(15)6-5-10(12)2/h5-6,8,18H,4,7,9,15H2,1-3H3,(H,16,17). The van der Waals surface area contributed by atoms with Crippen molar-refractivity contribution in [1.29, 1.82) is 0 Å². The van der Waals surface area contributed by atoms with Gasteiger partial charge in [-0.3, -0.25) is 4.79 Å². The molecule has 18 heavy (non-hydrogen) atoms. The van der Waals surface area contributed by atoms with Crippen LogP contribution in [-0.2, 0) is 0 Å². The highest BCUT2D eigenvalue weighted by Crippen LogP contribution is 2.14. The quantitative estimate of drug-likeness (QED) is 0.698. The predicted molar refractivity (Wildman–Crippen MR) is 73.5 cm³/mol. The molecule has 0 bridgehead atoms. The Bertz CT molecular complexity index is 428. The monoisotopic (exact) mass is 250 g/mol. The van der Waals surface area contributed by atoms with Crippen LogP contribution in [0.15, 0.2) is 18.2 Å². The summed E-state index contributed by atoms with van der Waals surface area (Å²) in [5.74, 6) is -0.198. The molecule has 0 saturated heterocycles. The van der Waals surface area contributed by atoms with Gasteiger partial charge in [0.2, 0.25) is 0 Å². The highest BCUT2D eigenvalue weighted by molar-refractivity contribution is 5.96. The van der Waals surface area contributed by atoms with E-state index in [0.717, 1.165) is 12.0 Å². The van der Waals surface area contributed by atoms with Gasteiger partial charge in [0.05, 0.1) is 5.60 Å². The molecule has 4 nitrogen and oxygen atoms in total. The fraction of sp³-hybridized carbons (Fsp3) is 0.500. The number of carbonyl (C=O) groups is 1. The number of nitrogens with one attached hydrogen (secondary N) is 1. The van der Waals surface area contributed by atoms with Crippen LogP contribution in [0, 0.1) is 6.92 Å². The summed E-state index contributed by atoms with van der Waals surface area (Å²) in [6.07, 6.45) is 1.53. The minimum Gasteiger partial charge on any atom is -0.399 e. The lowest BCUT2D eigenvalue weighted by Gasteiger charge is -2.23. The molecule has 0 aliphatic heterocycles. The van der Waals surface area contributed by atoms with Crippen LogP contribution in [0.25, 0.3) is 0 Å². The molecule has 1 atom stereocenters. The van der Waals surface area contributed by atoms with Gasteiger partial charge < -0.3 is 16.2 Å². The van der Waals surface area contributed by atoms with E-state index < -0.39 is 5.60 Å². The van der Waals surface area contributed by atoms with Crippen LogP contribution in [0.4, 0.5) is 5.69 Å². The van der Waals surface area contributed by atoms with E-state index in [9.17, 15) is 9.90 Å². The third kappa shape index (κ3) is 4.04. The van der Waals surface area contributed by atoms with Crippen LogP contribution in [0.1, 0.15) is 42.6 Å². The highest BCUT2D eigenvalue weighted by Gasteiger charge is 2.20. The normalized spacial score (nSPS) is 14.0. The maximum atomic E-state index is 12.0. The Morgan fingerprint density at radius 2 is 2.17 bits per heavy atom. The Kier molecular flexibility index (Phi) is 4.73. The summed E-state index contributed by atoms with van der Waals surface area (Å²) in [5, 5.41) is 12.7. The molecule has 100 valence electrons. The SMILES string of the molecule is CCCC(C)(O)CNC(=O)c1cc(N)ccc1C. The number of nitrogen functional groups attached to an aromatic ring is 1. The smallest absolute Gasteiger partial charge is 0.251 e. The van der Waals surface area contributed by atoms with E-state index in [-0.39, 0.29) is 12.5 Å². The van der Waals surface area contributed by atoms with E-state index in [1.54, 1.807) is 19.1 Å². The Labute approximate surface area is 108 Å². The van der Waals surface area contributed by atoms with Gasteiger partial charge in [-0.2, -0.15) is 0 Å². The van der Waals surface area contributed by atoms with E-state index in [0.29, 0.717) is 17.7 Å². The van der Waals surface area contributed by atoms with Gasteiger partial charge in [-0.1, -0.05) is 19.4 Å². The molecule has 1 unspecified atom stereocenters. The number of aliphatic hydroxyl groups is 1. The summed E-state index contributed by atoms with van der Waals surface area (Å²) in [7, 11) is 0. The van der Waals surface area contributed by atoms with Crippen molar-refractivity contribution < 1.29 is 9.90 Å². The zero-order valence-corrected chi connectivity index (χ0v) is 11.3. The van der Waals surface area contributed by atoms with Crippen LogP contribution in [-0.4, -0.2) is 23.2 Å². The molecule has 1 amide bonds. The minimum absolute atomic E-state index is 0.198. The van der Waals surface area contributed by atoms with Gasteiger partial charge in [-0.25, -0.2) is 0 Å². The largest absolute Gasteiger partial charge is 0.399 e. The van der Waals surface area contributed by atoms with Gasteiger partial charge >= 0.3 is 0 Å². The molecular formula is C14H22N2O2. The number of benzene rings is 1. The second-order valence-electron chi connectivity index (χ2n) is 5.00. The zero-order chi connectivity index (χ0) is 13.8. The minimum atomic E-state index is -0.862. The molecule has 0 aliphatic rings.